The van der Waals surface area contributed by atoms with Gasteiger partial charge in [0.15, 0.2) is 0 Å². The van der Waals surface area contributed by atoms with Crippen LogP contribution in [-0.2, 0) is 4.79 Å². The maximum absolute atomic E-state index is 11.9. The molecule has 0 saturated carbocycles. The third-order valence-electron chi connectivity index (χ3n) is 4.41. The lowest BCUT2D eigenvalue weighted by atomic mass is 10.2. The molecular weight excluding hydrogens is 372 g/mol. The van der Waals surface area contributed by atoms with Crippen molar-refractivity contribution < 1.29 is 14.5 Å². The molecule has 2 amide bonds. The Morgan fingerprint density at radius 2 is 1.81 bits per heavy atom. The molecule has 1 saturated heterocycles. The van der Waals surface area contributed by atoms with Crippen LogP contribution in [0.4, 0.5) is 5.69 Å². The molecule has 1 aromatic carbocycles. The number of hydrazine groups is 1. The van der Waals surface area contributed by atoms with Crippen LogP contribution in [-0.4, -0.2) is 44.5 Å². The van der Waals surface area contributed by atoms with E-state index in [-0.39, 0.29) is 11.8 Å². The van der Waals surface area contributed by atoms with Gasteiger partial charge in [-0.2, -0.15) is 0 Å². The number of nitrogens with zero attached hydrogens (tertiary/aromatic N) is 1. The summed E-state index contributed by atoms with van der Waals surface area (Å²) in [6.45, 7) is 4.73. The van der Waals surface area contributed by atoms with Crippen molar-refractivity contribution in [3.8, 4) is 0 Å². The van der Waals surface area contributed by atoms with Crippen molar-refractivity contribution in [1.82, 2.24) is 10.9 Å². The van der Waals surface area contributed by atoms with Crippen LogP contribution in [0.1, 0.15) is 16.1 Å². The van der Waals surface area contributed by atoms with Crippen molar-refractivity contribution in [3.63, 3.8) is 0 Å². The zero-order chi connectivity index (χ0) is 18.4. The first kappa shape index (κ1) is 18.7. The second-order valence-electron chi connectivity index (χ2n) is 6.18. The molecule has 0 atom stereocenters. The summed E-state index contributed by atoms with van der Waals surface area (Å²) < 4.78 is 0.541. The topological polar surface area (TPSA) is 65.9 Å². The van der Waals surface area contributed by atoms with Gasteiger partial charge in [-0.05, 0) is 24.3 Å². The monoisotopic (exact) mass is 393 g/mol. The Bertz CT molecular complexity index is 745. The Kier molecular flexibility index (Phi) is 6.49. The van der Waals surface area contributed by atoms with Gasteiger partial charge in [-0.25, -0.2) is 0 Å². The number of para-hydroxylation sites is 1. The van der Waals surface area contributed by atoms with Gasteiger partial charge in [-0.1, -0.05) is 29.8 Å². The summed E-state index contributed by atoms with van der Waals surface area (Å²) in [6.07, 6.45) is 0.381. The molecule has 2 aromatic rings. The number of carbonyl (C=O) groups excluding carboxylic acids is 2. The SMILES string of the molecule is O=C(CC[NH+]1CCN(c2ccccc2)CC1)NNC(=O)c1ccc(Cl)s1. The number of amides is 2. The minimum absolute atomic E-state index is 0.181. The second-order valence-corrected chi connectivity index (χ2v) is 7.89. The Morgan fingerprint density at radius 1 is 1.08 bits per heavy atom. The predicted octanol–water partition coefficient (Wildman–Crippen LogP) is 0.958. The fourth-order valence-electron chi connectivity index (χ4n) is 2.95. The summed E-state index contributed by atoms with van der Waals surface area (Å²) in [5, 5.41) is 0. The van der Waals surface area contributed by atoms with Gasteiger partial charge in [0.25, 0.3) is 5.91 Å². The van der Waals surface area contributed by atoms with Crippen molar-refractivity contribution in [3.05, 3.63) is 51.7 Å². The maximum Gasteiger partial charge on any atom is 0.279 e. The number of halogens is 1. The third kappa shape index (κ3) is 5.20. The minimum atomic E-state index is -0.348. The standard InChI is InChI=1S/C18H21ClN4O2S/c19-16-7-6-15(26-16)18(25)21-20-17(24)8-9-22-10-12-23(13-11-22)14-4-2-1-3-5-14/h1-7H,8-13H2,(H,20,24)(H,21,25)/p+1. The summed E-state index contributed by atoms with van der Waals surface area (Å²) in [5.74, 6) is -0.530. The molecule has 0 radical (unpaired) electrons. The molecular formula is C18H22ClN4O2S+. The molecule has 1 aliphatic heterocycles. The first-order valence-corrected chi connectivity index (χ1v) is 9.79. The predicted molar refractivity (Wildman–Crippen MR) is 104 cm³/mol. The first-order valence-electron chi connectivity index (χ1n) is 8.60. The fraction of sp³-hybridized carbons (Fsp3) is 0.333. The van der Waals surface area contributed by atoms with Crippen molar-refractivity contribution in [2.45, 2.75) is 6.42 Å². The number of anilines is 1. The highest BCUT2D eigenvalue weighted by Crippen LogP contribution is 2.20. The lowest BCUT2D eigenvalue weighted by molar-refractivity contribution is -0.900. The number of hydrogen-bond donors (Lipinski definition) is 3. The van der Waals surface area contributed by atoms with E-state index in [1.165, 1.54) is 21.9 Å². The second kappa shape index (κ2) is 9.02. The van der Waals surface area contributed by atoms with Gasteiger partial charge in [0, 0.05) is 5.69 Å². The van der Waals surface area contributed by atoms with E-state index in [2.05, 4.69) is 40.0 Å². The summed E-state index contributed by atoms with van der Waals surface area (Å²) in [6, 6.07) is 13.7. The number of nitrogens with one attached hydrogen (secondary N) is 3. The molecule has 6 nitrogen and oxygen atoms in total. The van der Waals surface area contributed by atoms with Crippen molar-refractivity contribution >= 4 is 40.4 Å². The quantitative estimate of drug-likeness (QED) is 0.663. The van der Waals surface area contributed by atoms with Crippen LogP contribution >= 0.6 is 22.9 Å². The van der Waals surface area contributed by atoms with Crippen LogP contribution in [0.15, 0.2) is 42.5 Å². The molecule has 2 heterocycles. The van der Waals surface area contributed by atoms with Gasteiger partial charge in [-0.15, -0.1) is 11.3 Å². The zero-order valence-electron chi connectivity index (χ0n) is 14.3. The number of rotatable bonds is 5. The number of piperazine rings is 1. The molecule has 3 N–H and O–H groups in total. The highest BCUT2D eigenvalue weighted by molar-refractivity contribution is 7.17. The summed E-state index contributed by atoms with van der Waals surface area (Å²) in [7, 11) is 0. The van der Waals surface area contributed by atoms with E-state index in [9.17, 15) is 9.59 Å². The van der Waals surface area contributed by atoms with Gasteiger partial charge in [0.2, 0.25) is 5.91 Å². The Hall–Kier alpha value is -2.09. The van der Waals surface area contributed by atoms with E-state index < -0.39 is 0 Å². The number of thiophene rings is 1. The smallest absolute Gasteiger partial charge is 0.279 e. The van der Waals surface area contributed by atoms with E-state index in [1.54, 1.807) is 12.1 Å². The summed E-state index contributed by atoms with van der Waals surface area (Å²) >= 11 is 6.97. The fourth-order valence-corrected chi connectivity index (χ4v) is 3.89. The van der Waals surface area contributed by atoms with Gasteiger partial charge in [0.05, 0.1) is 48.4 Å². The number of benzene rings is 1. The van der Waals surface area contributed by atoms with Crippen LogP contribution in [0.5, 0.6) is 0 Å². The summed E-state index contributed by atoms with van der Waals surface area (Å²) in [5.41, 5.74) is 6.14. The lowest BCUT2D eigenvalue weighted by Crippen LogP contribution is -3.15. The Morgan fingerprint density at radius 3 is 2.46 bits per heavy atom. The zero-order valence-corrected chi connectivity index (χ0v) is 15.9. The molecule has 0 spiro atoms. The average molecular weight is 394 g/mol. The van der Waals surface area contributed by atoms with Crippen LogP contribution in [0, 0.1) is 0 Å². The van der Waals surface area contributed by atoms with E-state index in [4.69, 9.17) is 11.6 Å². The Balaban J connectivity index is 1.34. The van der Waals surface area contributed by atoms with Crippen molar-refractivity contribution in [1.29, 1.82) is 0 Å². The first-order chi connectivity index (χ1) is 12.6. The normalized spacial score (nSPS) is 14.9. The molecule has 138 valence electrons. The number of hydrogen-bond acceptors (Lipinski definition) is 4. The minimum Gasteiger partial charge on any atom is -0.360 e. The number of quaternary nitrogens is 1. The number of carbonyl (C=O) groups is 2. The molecule has 26 heavy (non-hydrogen) atoms. The van der Waals surface area contributed by atoms with Crippen LogP contribution in [0.2, 0.25) is 4.34 Å². The average Bonchev–Trinajstić information content (AvgIpc) is 3.12. The molecule has 1 aliphatic rings. The van der Waals surface area contributed by atoms with E-state index in [1.807, 2.05) is 6.07 Å². The lowest BCUT2D eigenvalue weighted by Gasteiger charge is -2.33. The van der Waals surface area contributed by atoms with Crippen molar-refractivity contribution in [2.24, 2.45) is 0 Å². The molecule has 0 unspecified atom stereocenters. The highest BCUT2D eigenvalue weighted by atomic mass is 35.5. The summed E-state index contributed by atoms with van der Waals surface area (Å²) in [4.78, 5) is 28.0. The van der Waals surface area contributed by atoms with Gasteiger partial charge < -0.3 is 9.80 Å². The van der Waals surface area contributed by atoms with Gasteiger partial charge >= 0.3 is 0 Å². The van der Waals surface area contributed by atoms with E-state index >= 15 is 0 Å². The maximum atomic E-state index is 11.9. The van der Waals surface area contributed by atoms with Crippen LogP contribution < -0.4 is 20.7 Å². The molecule has 0 aliphatic carbocycles. The molecule has 8 heteroatoms. The third-order valence-corrected chi connectivity index (χ3v) is 5.64. The van der Waals surface area contributed by atoms with Gasteiger partial charge in [-0.3, -0.25) is 20.4 Å². The van der Waals surface area contributed by atoms with Crippen molar-refractivity contribution in [2.75, 3.05) is 37.6 Å². The highest BCUT2D eigenvalue weighted by Gasteiger charge is 2.20. The van der Waals surface area contributed by atoms with E-state index in [0.717, 1.165) is 32.7 Å². The van der Waals surface area contributed by atoms with Gasteiger partial charge in [0.1, 0.15) is 0 Å². The molecule has 1 fully saturated rings. The van der Waals surface area contributed by atoms with Crippen LogP contribution in [0.3, 0.4) is 0 Å². The Labute approximate surface area is 161 Å². The van der Waals surface area contributed by atoms with Crippen LogP contribution in [0.25, 0.3) is 0 Å². The molecule has 3 rings (SSSR count). The largest absolute Gasteiger partial charge is 0.360 e. The molecule has 1 aromatic heterocycles. The molecule has 0 bridgehead atoms. The van der Waals surface area contributed by atoms with E-state index in [0.29, 0.717) is 15.6 Å².